The third-order valence-electron chi connectivity index (χ3n) is 5.70. The second-order valence-corrected chi connectivity index (χ2v) is 8.22. The Morgan fingerprint density at radius 2 is 1.97 bits per heavy atom. The molecule has 1 saturated heterocycles. The van der Waals surface area contributed by atoms with Gasteiger partial charge < -0.3 is 20.0 Å². The van der Waals surface area contributed by atoms with E-state index in [1.807, 2.05) is 32.9 Å². The molecular formula is C24H27N5O4. The van der Waals surface area contributed by atoms with Gasteiger partial charge in [-0.3, -0.25) is 19.1 Å². The van der Waals surface area contributed by atoms with Gasteiger partial charge in [-0.25, -0.2) is 0 Å². The van der Waals surface area contributed by atoms with E-state index in [9.17, 15) is 14.4 Å². The number of nitrogens with one attached hydrogen (secondary N) is 2. The molecule has 0 radical (unpaired) electrons. The molecule has 0 saturated carbocycles. The van der Waals surface area contributed by atoms with E-state index in [2.05, 4.69) is 15.7 Å². The molecule has 3 aromatic rings. The molecule has 9 heteroatoms. The highest BCUT2D eigenvalue weighted by Crippen LogP contribution is 2.28. The van der Waals surface area contributed by atoms with Gasteiger partial charge in [0, 0.05) is 36.6 Å². The molecule has 172 valence electrons. The predicted octanol–water partition coefficient (Wildman–Crippen LogP) is 2.87. The first kappa shape index (κ1) is 22.3. The van der Waals surface area contributed by atoms with E-state index < -0.39 is 17.9 Å². The average Bonchev–Trinajstić information content (AvgIpc) is 3.52. The highest BCUT2D eigenvalue weighted by molar-refractivity contribution is 6.39. The van der Waals surface area contributed by atoms with Gasteiger partial charge in [0.05, 0.1) is 12.0 Å². The van der Waals surface area contributed by atoms with Crippen LogP contribution in [0.1, 0.15) is 41.6 Å². The number of anilines is 2. The van der Waals surface area contributed by atoms with Gasteiger partial charge >= 0.3 is 11.8 Å². The largest absolute Gasteiger partial charge is 0.467 e. The number of hydrogen-bond donors (Lipinski definition) is 2. The monoisotopic (exact) mass is 449 g/mol. The standard InChI is InChI=1S/C24H27N5O4/c1-15-8-9-18(13-19(15)28-10-4-7-22(28)30)26-24(32)23(31)25-14-20(21-6-5-11-33-21)29-17(3)12-16(2)27-29/h5-6,8-9,11-13,20H,4,7,10,14H2,1-3H3,(H,25,31)(H,26,32). The third kappa shape index (κ3) is 4.82. The van der Waals surface area contributed by atoms with E-state index in [1.165, 1.54) is 0 Å². The zero-order valence-corrected chi connectivity index (χ0v) is 18.9. The van der Waals surface area contributed by atoms with Gasteiger partial charge in [0.2, 0.25) is 5.91 Å². The smallest absolute Gasteiger partial charge is 0.313 e. The number of carbonyl (C=O) groups excluding carboxylic acids is 3. The van der Waals surface area contributed by atoms with Crippen LogP contribution < -0.4 is 15.5 Å². The summed E-state index contributed by atoms with van der Waals surface area (Å²) in [4.78, 5) is 38.9. The number of carbonyl (C=O) groups is 3. The summed E-state index contributed by atoms with van der Waals surface area (Å²) in [6, 6.07) is 10.4. The van der Waals surface area contributed by atoms with Crippen LogP contribution in [-0.4, -0.2) is 40.6 Å². The highest BCUT2D eigenvalue weighted by Gasteiger charge is 2.25. The van der Waals surface area contributed by atoms with Gasteiger partial charge in [-0.1, -0.05) is 6.07 Å². The Kier molecular flexibility index (Phi) is 6.30. The molecule has 1 aromatic carbocycles. The van der Waals surface area contributed by atoms with E-state index in [0.717, 1.165) is 29.1 Å². The van der Waals surface area contributed by atoms with E-state index in [4.69, 9.17) is 4.42 Å². The number of benzene rings is 1. The van der Waals surface area contributed by atoms with E-state index in [1.54, 1.807) is 40.1 Å². The SMILES string of the molecule is Cc1cc(C)n(C(CNC(=O)C(=O)Nc2ccc(C)c(N3CCCC3=O)c2)c2ccco2)n1. The average molecular weight is 450 g/mol. The lowest BCUT2D eigenvalue weighted by atomic mass is 10.1. The third-order valence-corrected chi connectivity index (χ3v) is 5.70. The number of aryl methyl sites for hydroxylation is 3. The molecule has 0 bridgehead atoms. The lowest BCUT2D eigenvalue weighted by Gasteiger charge is -2.20. The van der Waals surface area contributed by atoms with E-state index >= 15 is 0 Å². The van der Waals surface area contributed by atoms with Crippen molar-refractivity contribution in [3.63, 3.8) is 0 Å². The van der Waals surface area contributed by atoms with Crippen molar-refractivity contribution in [2.75, 3.05) is 23.3 Å². The fourth-order valence-electron chi connectivity index (χ4n) is 4.09. The zero-order chi connectivity index (χ0) is 23.5. The normalized spacial score (nSPS) is 14.4. The summed E-state index contributed by atoms with van der Waals surface area (Å²) in [6.45, 7) is 6.50. The van der Waals surface area contributed by atoms with E-state index in [-0.39, 0.29) is 12.5 Å². The van der Waals surface area contributed by atoms with Crippen molar-refractivity contribution in [2.24, 2.45) is 0 Å². The van der Waals surface area contributed by atoms with Crippen LogP contribution in [0, 0.1) is 20.8 Å². The maximum absolute atomic E-state index is 12.6. The van der Waals surface area contributed by atoms with Crippen molar-refractivity contribution >= 4 is 29.1 Å². The molecule has 2 N–H and O–H groups in total. The van der Waals surface area contributed by atoms with Crippen molar-refractivity contribution < 1.29 is 18.8 Å². The number of hydrogen-bond acceptors (Lipinski definition) is 5. The first-order valence-electron chi connectivity index (χ1n) is 10.9. The predicted molar refractivity (Wildman–Crippen MR) is 123 cm³/mol. The number of rotatable bonds is 6. The summed E-state index contributed by atoms with van der Waals surface area (Å²) in [7, 11) is 0. The quantitative estimate of drug-likeness (QED) is 0.563. The van der Waals surface area contributed by atoms with Crippen molar-refractivity contribution in [3.8, 4) is 0 Å². The molecule has 1 aliphatic rings. The molecule has 33 heavy (non-hydrogen) atoms. The molecular weight excluding hydrogens is 422 g/mol. The van der Waals surface area contributed by atoms with Gasteiger partial charge in [0.15, 0.2) is 0 Å². The van der Waals surface area contributed by atoms with Crippen LogP contribution in [0.4, 0.5) is 11.4 Å². The minimum absolute atomic E-state index is 0.0624. The zero-order valence-electron chi connectivity index (χ0n) is 18.9. The molecule has 9 nitrogen and oxygen atoms in total. The van der Waals surface area contributed by atoms with Crippen LogP contribution in [0.3, 0.4) is 0 Å². The van der Waals surface area contributed by atoms with Gasteiger partial charge in [-0.15, -0.1) is 0 Å². The summed E-state index contributed by atoms with van der Waals surface area (Å²) in [5, 5.41) is 9.80. The van der Waals surface area contributed by atoms with Crippen LogP contribution in [0.15, 0.2) is 47.1 Å². The minimum Gasteiger partial charge on any atom is -0.467 e. The molecule has 1 atom stereocenters. The van der Waals surface area contributed by atoms with Gasteiger partial charge in [0.25, 0.3) is 0 Å². The van der Waals surface area contributed by atoms with Crippen molar-refractivity contribution in [3.05, 3.63) is 65.4 Å². The maximum atomic E-state index is 12.6. The number of amides is 3. The molecule has 1 aliphatic heterocycles. The highest BCUT2D eigenvalue weighted by atomic mass is 16.3. The van der Waals surface area contributed by atoms with Crippen molar-refractivity contribution in [1.82, 2.24) is 15.1 Å². The Bertz CT molecular complexity index is 1180. The lowest BCUT2D eigenvalue weighted by molar-refractivity contribution is -0.136. The second kappa shape index (κ2) is 9.32. The molecule has 0 spiro atoms. The maximum Gasteiger partial charge on any atom is 0.313 e. The van der Waals surface area contributed by atoms with Gasteiger partial charge in [0.1, 0.15) is 11.8 Å². The molecule has 1 unspecified atom stereocenters. The van der Waals surface area contributed by atoms with Crippen LogP contribution in [0.5, 0.6) is 0 Å². The Balaban J connectivity index is 1.44. The van der Waals surface area contributed by atoms with Crippen LogP contribution >= 0.6 is 0 Å². The van der Waals surface area contributed by atoms with Gasteiger partial charge in [-0.2, -0.15) is 5.10 Å². The fourth-order valence-corrected chi connectivity index (χ4v) is 4.09. The first-order chi connectivity index (χ1) is 15.8. The Labute approximate surface area is 191 Å². The first-order valence-corrected chi connectivity index (χ1v) is 10.9. The summed E-state index contributed by atoms with van der Waals surface area (Å²) < 4.78 is 7.31. The summed E-state index contributed by atoms with van der Waals surface area (Å²) in [5.41, 5.74) is 3.89. The topological polar surface area (TPSA) is 109 Å². The van der Waals surface area contributed by atoms with Crippen molar-refractivity contribution in [2.45, 2.75) is 39.7 Å². The number of aromatic nitrogens is 2. The summed E-state index contributed by atoms with van der Waals surface area (Å²) >= 11 is 0. The second-order valence-electron chi connectivity index (χ2n) is 8.22. The summed E-state index contributed by atoms with van der Waals surface area (Å²) in [6.07, 6.45) is 2.89. The van der Waals surface area contributed by atoms with Gasteiger partial charge in [-0.05, 0) is 63.1 Å². The Morgan fingerprint density at radius 1 is 1.15 bits per heavy atom. The molecule has 3 amide bonds. The Morgan fingerprint density at radius 3 is 2.61 bits per heavy atom. The minimum atomic E-state index is -0.788. The number of nitrogens with zero attached hydrogens (tertiary/aromatic N) is 3. The van der Waals surface area contributed by atoms with Crippen LogP contribution in [0.2, 0.25) is 0 Å². The van der Waals surface area contributed by atoms with Crippen LogP contribution in [-0.2, 0) is 14.4 Å². The molecule has 2 aromatic heterocycles. The molecule has 4 rings (SSSR count). The molecule has 1 fully saturated rings. The van der Waals surface area contributed by atoms with Crippen LogP contribution in [0.25, 0.3) is 0 Å². The molecule has 3 heterocycles. The molecule has 0 aliphatic carbocycles. The van der Waals surface area contributed by atoms with E-state index in [0.29, 0.717) is 24.4 Å². The Hall–Kier alpha value is -3.88. The fraction of sp³-hybridized carbons (Fsp3) is 0.333. The lowest BCUT2D eigenvalue weighted by Crippen LogP contribution is -2.39. The van der Waals surface area contributed by atoms with Crippen molar-refractivity contribution in [1.29, 1.82) is 0 Å². The number of furan rings is 1. The summed E-state index contributed by atoms with van der Waals surface area (Å²) in [5.74, 6) is -0.871.